The summed E-state index contributed by atoms with van der Waals surface area (Å²) >= 11 is 0. The average Bonchev–Trinajstić information content (AvgIpc) is 3.18. The Morgan fingerprint density at radius 1 is 0.960 bits per heavy atom. The molecule has 5 heteroatoms. The lowest BCUT2D eigenvalue weighted by Crippen LogP contribution is -2.38. The minimum absolute atomic E-state index is 0.200. The Labute approximate surface area is 146 Å². The summed E-state index contributed by atoms with van der Waals surface area (Å²) in [6.45, 7) is 1.97. The first-order valence-corrected chi connectivity index (χ1v) is 8.63. The monoisotopic (exact) mass is 336 g/mol. The molecule has 1 N–H and O–H groups in total. The second-order valence-corrected chi connectivity index (χ2v) is 6.60. The number of likely N-dealkylation sites (tertiary alicyclic amines) is 1. The van der Waals surface area contributed by atoms with Gasteiger partial charge in [-0.2, -0.15) is 0 Å². The maximum atomic E-state index is 12.5. The van der Waals surface area contributed by atoms with Crippen molar-refractivity contribution in [2.45, 2.75) is 18.9 Å². The topological polar surface area (TPSA) is 60.9 Å². The van der Waals surface area contributed by atoms with Gasteiger partial charge in [-0.1, -0.05) is 24.3 Å². The van der Waals surface area contributed by atoms with Gasteiger partial charge in [-0.25, -0.2) is 0 Å². The lowest BCUT2D eigenvalue weighted by atomic mass is 10.0. The van der Waals surface area contributed by atoms with Crippen LogP contribution in [-0.2, 0) is 0 Å². The smallest absolute Gasteiger partial charge is 0.261 e. The minimum Gasteiger partial charge on any atom is -0.508 e. The molecule has 1 saturated heterocycles. The number of phenols is 1. The van der Waals surface area contributed by atoms with E-state index >= 15 is 0 Å². The summed E-state index contributed by atoms with van der Waals surface area (Å²) in [5.74, 6) is -0.132. The molecule has 128 valence electrons. The van der Waals surface area contributed by atoms with Crippen molar-refractivity contribution in [3.05, 3.63) is 65.2 Å². The van der Waals surface area contributed by atoms with Crippen molar-refractivity contribution in [1.29, 1.82) is 0 Å². The fraction of sp³-hybridized carbons (Fsp3) is 0.300. The van der Waals surface area contributed by atoms with Gasteiger partial charge in [0.2, 0.25) is 0 Å². The van der Waals surface area contributed by atoms with E-state index in [1.807, 2.05) is 12.1 Å². The van der Waals surface area contributed by atoms with Gasteiger partial charge in [0.05, 0.1) is 11.1 Å². The van der Waals surface area contributed by atoms with Crippen LogP contribution in [0, 0.1) is 0 Å². The predicted octanol–water partition coefficient (Wildman–Crippen LogP) is 2.83. The largest absolute Gasteiger partial charge is 0.508 e. The van der Waals surface area contributed by atoms with Crippen molar-refractivity contribution in [3.8, 4) is 5.75 Å². The number of hydrogen-bond acceptors (Lipinski definition) is 4. The molecular formula is C20H20N2O3. The van der Waals surface area contributed by atoms with Crippen molar-refractivity contribution in [1.82, 2.24) is 9.80 Å². The van der Waals surface area contributed by atoms with Crippen LogP contribution in [0.15, 0.2) is 48.5 Å². The zero-order chi connectivity index (χ0) is 17.4. The first-order valence-electron chi connectivity index (χ1n) is 8.63. The van der Waals surface area contributed by atoms with Crippen LogP contribution in [-0.4, -0.2) is 46.4 Å². The van der Waals surface area contributed by atoms with E-state index in [0.717, 1.165) is 24.9 Å². The van der Waals surface area contributed by atoms with Crippen LogP contribution in [0.1, 0.15) is 45.2 Å². The number of phenolic OH excluding ortho intramolecular Hbond substituents is 1. The van der Waals surface area contributed by atoms with Crippen LogP contribution in [0.5, 0.6) is 5.75 Å². The lowest BCUT2D eigenvalue weighted by molar-refractivity contribution is 0.0633. The SMILES string of the molecule is O=C1c2ccccc2C(=O)N1CCN1CCCC1c1cccc(O)c1. The number of rotatable bonds is 4. The standard InChI is InChI=1S/C20H20N2O3/c23-15-6-3-5-14(13-15)18-9-4-10-21(18)11-12-22-19(24)16-7-1-2-8-17(16)20(22)25/h1-3,5-8,13,18,23H,4,9-12H2. The summed E-state index contributed by atoms with van der Waals surface area (Å²) < 4.78 is 0. The van der Waals surface area contributed by atoms with E-state index in [2.05, 4.69) is 4.90 Å². The molecule has 0 aliphatic carbocycles. The number of imide groups is 1. The number of benzene rings is 2. The van der Waals surface area contributed by atoms with Gasteiger partial charge in [0, 0.05) is 19.1 Å². The third kappa shape index (κ3) is 2.81. The van der Waals surface area contributed by atoms with Crippen LogP contribution < -0.4 is 0 Å². The number of hydrogen-bond donors (Lipinski definition) is 1. The van der Waals surface area contributed by atoms with Crippen LogP contribution >= 0.6 is 0 Å². The van der Waals surface area contributed by atoms with E-state index in [-0.39, 0.29) is 23.6 Å². The molecule has 0 radical (unpaired) electrons. The summed E-state index contributed by atoms with van der Waals surface area (Å²) in [6, 6.07) is 14.5. The number of amides is 2. The second-order valence-electron chi connectivity index (χ2n) is 6.60. The number of carbonyl (C=O) groups is 2. The third-order valence-electron chi connectivity index (χ3n) is 5.11. The molecule has 25 heavy (non-hydrogen) atoms. The molecule has 5 nitrogen and oxygen atoms in total. The van der Waals surface area contributed by atoms with E-state index in [4.69, 9.17) is 0 Å². The molecule has 2 aliphatic heterocycles. The molecule has 0 saturated carbocycles. The molecule has 0 aromatic heterocycles. The second kappa shape index (κ2) is 6.33. The molecule has 1 fully saturated rings. The van der Waals surface area contributed by atoms with Crippen LogP contribution in [0.3, 0.4) is 0 Å². The Balaban J connectivity index is 1.46. The Hall–Kier alpha value is -2.66. The molecule has 1 unspecified atom stereocenters. The maximum absolute atomic E-state index is 12.5. The van der Waals surface area contributed by atoms with Crippen LogP contribution in [0.2, 0.25) is 0 Å². The van der Waals surface area contributed by atoms with Gasteiger partial charge >= 0.3 is 0 Å². The number of nitrogens with zero attached hydrogens (tertiary/aromatic N) is 2. The maximum Gasteiger partial charge on any atom is 0.261 e. The molecule has 2 aliphatic rings. The normalized spacial score (nSPS) is 20.3. The summed E-state index contributed by atoms with van der Waals surface area (Å²) in [5.41, 5.74) is 2.08. The number of aromatic hydroxyl groups is 1. The highest BCUT2D eigenvalue weighted by Crippen LogP contribution is 2.33. The summed E-state index contributed by atoms with van der Waals surface area (Å²) in [7, 11) is 0. The van der Waals surface area contributed by atoms with Gasteiger partial charge in [-0.3, -0.25) is 19.4 Å². The fourth-order valence-electron chi connectivity index (χ4n) is 3.87. The summed E-state index contributed by atoms with van der Waals surface area (Å²) in [6.07, 6.45) is 2.09. The molecule has 2 aromatic carbocycles. The molecular weight excluding hydrogens is 316 g/mol. The first-order chi connectivity index (χ1) is 12.1. The Kier molecular flexibility index (Phi) is 4.01. The van der Waals surface area contributed by atoms with E-state index in [9.17, 15) is 14.7 Å². The number of carbonyl (C=O) groups excluding carboxylic acids is 2. The molecule has 2 amide bonds. The number of fused-ring (bicyclic) bond motifs is 1. The van der Waals surface area contributed by atoms with Crippen molar-refractivity contribution in [3.63, 3.8) is 0 Å². The molecule has 4 rings (SSSR count). The highest BCUT2D eigenvalue weighted by Gasteiger charge is 2.36. The molecule has 2 aromatic rings. The van der Waals surface area contributed by atoms with Gasteiger partial charge < -0.3 is 5.11 Å². The minimum atomic E-state index is -0.200. The molecule has 0 spiro atoms. The van der Waals surface area contributed by atoms with E-state index in [1.54, 1.807) is 36.4 Å². The average molecular weight is 336 g/mol. The van der Waals surface area contributed by atoms with E-state index < -0.39 is 0 Å². The Morgan fingerprint density at radius 3 is 2.36 bits per heavy atom. The quantitative estimate of drug-likeness (QED) is 0.872. The highest BCUT2D eigenvalue weighted by atomic mass is 16.3. The third-order valence-corrected chi connectivity index (χ3v) is 5.11. The highest BCUT2D eigenvalue weighted by molar-refractivity contribution is 6.21. The molecule has 0 bridgehead atoms. The van der Waals surface area contributed by atoms with Crippen molar-refractivity contribution in [2.24, 2.45) is 0 Å². The van der Waals surface area contributed by atoms with Gasteiger partial charge in [0.1, 0.15) is 5.75 Å². The van der Waals surface area contributed by atoms with Crippen LogP contribution in [0.25, 0.3) is 0 Å². The van der Waals surface area contributed by atoms with Gasteiger partial charge in [-0.05, 0) is 49.2 Å². The zero-order valence-corrected chi connectivity index (χ0v) is 13.9. The zero-order valence-electron chi connectivity index (χ0n) is 13.9. The van der Waals surface area contributed by atoms with E-state index in [0.29, 0.717) is 24.2 Å². The van der Waals surface area contributed by atoms with Gasteiger partial charge in [0.15, 0.2) is 0 Å². The predicted molar refractivity (Wildman–Crippen MR) is 93.5 cm³/mol. The fourth-order valence-corrected chi connectivity index (χ4v) is 3.87. The summed E-state index contributed by atoms with van der Waals surface area (Å²) in [4.78, 5) is 28.6. The summed E-state index contributed by atoms with van der Waals surface area (Å²) in [5, 5.41) is 9.72. The Bertz CT molecular complexity index is 798. The lowest BCUT2D eigenvalue weighted by Gasteiger charge is -2.26. The van der Waals surface area contributed by atoms with Crippen molar-refractivity contribution >= 4 is 11.8 Å². The van der Waals surface area contributed by atoms with Gasteiger partial charge in [-0.15, -0.1) is 0 Å². The molecule has 2 heterocycles. The van der Waals surface area contributed by atoms with E-state index in [1.165, 1.54) is 4.90 Å². The first kappa shape index (κ1) is 15.8. The van der Waals surface area contributed by atoms with Crippen LogP contribution in [0.4, 0.5) is 0 Å². The van der Waals surface area contributed by atoms with Gasteiger partial charge in [0.25, 0.3) is 11.8 Å². The van der Waals surface area contributed by atoms with Crippen molar-refractivity contribution in [2.75, 3.05) is 19.6 Å². The van der Waals surface area contributed by atoms with Crippen molar-refractivity contribution < 1.29 is 14.7 Å². The Morgan fingerprint density at radius 2 is 1.68 bits per heavy atom. The molecule has 1 atom stereocenters.